The minimum Gasteiger partial charge on any atom is -0.497 e. The number of hydrogen-bond donors (Lipinski definition) is 0. The van der Waals surface area contributed by atoms with E-state index in [2.05, 4.69) is 20.0 Å². The van der Waals surface area contributed by atoms with Crippen molar-refractivity contribution in [3.8, 4) is 17.1 Å². The molecule has 0 atom stereocenters. The molecule has 1 aliphatic heterocycles. The molecule has 0 spiro atoms. The van der Waals surface area contributed by atoms with Gasteiger partial charge in [-0.15, -0.1) is 11.3 Å². The lowest BCUT2D eigenvalue weighted by Crippen LogP contribution is -2.47. The van der Waals surface area contributed by atoms with Crippen LogP contribution in [0.25, 0.3) is 17.5 Å². The molecule has 1 aliphatic rings. The topological polar surface area (TPSA) is 84.6 Å². The van der Waals surface area contributed by atoms with Crippen LogP contribution in [-0.2, 0) is 11.3 Å². The van der Waals surface area contributed by atoms with Crippen molar-refractivity contribution in [2.75, 3.05) is 33.3 Å². The average molecular weight is 426 g/mol. The fraction of sp³-hybridized carbons (Fsp3) is 0.333. The Balaban J connectivity index is 1.28. The zero-order valence-corrected chi connectivity index (χ0v) is 17.8. The van der Waals surface area contributed by atoms with Crippen LogP contribution in [0.4, 0.5) is 0 Å². The lowest BCUT2D eigenvalue weighted by Gasteiger charge is -2.33. The highest BCUT2D eigenvalue weighted by atomic mass is 32.1. The summed E-state index contributed by atoms with van der Waals surface area (Å²) in [6.07, 6.45) is 3.38. The van der Waals surface area contributed by atoms with Gasteiger partial charge in [-0.1, -0.05) is 5.16 Å². The van der Waals surface area contributed by atoms with E-state index in [0.29, 0.717) is 31.3 Å². The smallest absolute Gasteiger partial charge is 0.246 e. The highest BCUT2D eigenvalue weighted by Crippen LogP contribution is 2.20. The van der Waals surface area contributed by atoms with Crippen LogP contribution in [0.1, 0.15) is 16.6 Å². The van der Waals surface area contributed by atoms with Crippen molar-refractivity contribution in [2.45, 2.75) is 13.5 Å². The number of benzene rings is 1. The normalized spacial score (nSPS) is 15.1. The second-order valence-corrected chi connectivity index (χ2v) is 8.03. The monoisotopic (exact) mass is 425 g/mol. The summed E-state index contributed by atoms with van der Waals surface area (Å²) < 4.78 is 10.6. The lowest BCUT2D eigenvalue weighted by atomic mass is 10.2. The summed E-state index contributed by atoms with van der Waals surface area (Å²) in [6.45, 7) is 5.37. The summed E-state index contributed by atoms with van der Waals surface area (Å²) in [6, 6.07) is 7.54. The number of carbonyl (C=O) groups is 1. The highest BCUT2D eigenvalue weighted by molar-refractivity contribution is 7.09. The minimum atomic E-state index is 0.0138. The molecule has 2 aromatic heterocycles. The molecule has 30 heavy (non-hydrogen) atoms. The summed E-state index contributed by atoms with van der Waals surface area (Å²) >= 11 is 1.58. The van der Waals surface area contributed by atoms with Gasteiger partial charge in [0.25, 0.3) is 0 Å². The highest BCUT2D eigenvalue weighted by Gasteiger charge is 2.21. The zero-order valence-electron chi connectivity index (χ0n) is 16.9. The third kappa shape index (κ3) is 4.92. The second kappa shape index (κ2) is 9.19. The van der Waals surface area contributed by atoms with Gasteiger partial charge in [-0.2, -0.15) is 4.98 Å². The van der Waals surface area contributed by atoms with Crippen LogP contribution in [0, 0.1) is 6.92 Å². The van der Waals surface area contributed by atoms with Crippen molar-refractivity contribution in [3.63, 3.8) is 0 Å². The molecule has 3 heterocycles. The molecule has 0 radical (unpaired) electrons. The largest absolute Gasteiger partial charge is 0.497 e. The van der Waals surface area contributed by atoms with E-state index in [-0.39, 0.29) is 5.91 Å². The molecule has 0 bridgehead atoms. The fourth-order valence-electron chi connectivity index (χ4n) is 3.21. The number of piperazine rings is 1. The Morgan fingerprint density at radius 2 is 1.97 bits per heavy atom. The van der Waals surface area contributed by atoms with E-state index in [9.17, 15) is 4.79 Å². The summed E-state index contributed by atoms with van der Waals surface area (Å²) in [5.74, 6) is 1.93. The summed E-state index contributed by atoms with van der Waals surface area (Å²) in [5.41, 5.74) is 1.71. The first-order valence-corrected chi connectivity index (χ1v) is 10.6. The van der Waals surface area contributed by atoms with Crippen LogP contribution in [0.2, 0.25) is 0 Å². The van der Waals surface area contributed by atoms with Gasteiger partial charge in [0.1, 0.15) is 5.75 Å². The average Bonchev–Trinajstić information content (AvgIpc) is 3.41. The van der Waals surface area contributed by atoms with Gasteiger partial charge in [-0.3, -0.25) is 9.69 Å². The number of aryl methyl sites for hydroxylation is 1. The molecule has 1 fully saturated rings. The van der Waals surface area contributed by atoms with Crippen molar-refractivity contribution in [1.29, 1.82) is 0 Å². The van der Waals surface area contributed by atoms with Gasteiger partial charge in [-0.05, 0) is 37.3 Å². The fourth-order valence-corrected chi connectivity index (χ4v) is 3.79. The molecule has 1 aromatic carbocycles. The van der Waals surface area contributed by atoms with Crippen molar-refractivity contribution >= 4 is 23.3 Å². The molecule has 0 saturated carbocycles. The minimum absolute atomic E-state index is 0.0138. The van der Waals surface area contributed by atoms with Crippen LogP contribution < -0.4 is 4.74 Å². The lowest BCUT2D eigenvalue weighted by molar-refractivity contribution is -0.127. The van der Waals surface area contributed by atoms with Gasteiger partial charge < -0.3 is 14.2 Å². The van der Waals surface area contributed by atoms with E-state index in [0.717, 1.165) is 35.1 Å². The number of nitrogens with zero attached hydrogens (tertiary/aromatic N) is 5. The Kier molecular flexibility index (Phi) is 6.20. The molecule has 0 N–H and O–H groups in total. The summed E-state index contributed by atoms with van der Waals surface area (Å²) in [7, 11) is 1.63. The van der Waals surface area contributed by atoms with Crippen molar-refractivity contribution < 1.29 is 14.1 Å². The Morgan fingerprint density at radius 1 is 1.20 bits per heavy atom. The molecule has 156 valence electrons. The number of rotatable bonds is 6. The van der Waals surface area contributed by atoms with Crippen LogP contribution in [0.15, 0.2) is 40.2 Å². The maximum atomic E-state index is 12.4. The number of amides is 1. The number of ether oxygens (including phenoxy) is 1. The molecule has 0 unspecified atom stereocenters. The van der Waals surface area contributed by atoms with E-state index in [1.807, 2.05) is 41.5 Å². The maximum Gasteiger partial charge on any atom is 0.246 e. The predicted octanol–water partition coefficient (Wildman–Crippen LogP) is 2.87. The van der Waals surface area contributed by atoms with Gasteiger partial charge in [0.15, 0.2) is 0 Å². The number of thiazole rings is 1. The van der Waals surface area contributed by atoms with Crippen LogP contribution >= 0.6 is 11.3 Å². The van der Waals surface area contributed by atoms with E-state index in [1.54, 1.807) is 30.6 Å². The van der Waals surface area contributed by atoms with E-state index >= 15 is 0 Å². The van der Waals surface area contributed by atoms with Gasteiger partial charge in [0.05, 0.1) is 24.4 Å². The Hall–Kier alpha value is -3.04. The number of aromatic nitrogens is 3. The second-order valence-electron chi connectivity index (χ2n) is 6.97. The van der Waals surface area contributed by atoms with Crippen LogP contribution in [0.5, 0.6) is 5.75 Å². The van der Waals surface area contributed by atoms with E-state index < -0.39 is 0 Å². The molecular formula is C21H23N5O3S. The van der Waals surface area contributed by atoms with Crippen molar-refractivity contribution in [2.24, 2.45) is 0 Å². The molecule has 8 nitrogen and oxygen atoms in total. The zero-order chi connectivity index (χ0) is 20.9. The number of carbonyl (C=O) groups excluding carboxylic acids is 1. The molecule has 9 heteroatoms. The van der Waals surface area contributed by atoms with Gasteiger partial charge in [0.2, 0.25) is 17.6 Å². The van der Waals surface area contributed by atoms with E-state index in [4.69, 9.17) is 9.26 Å². The van der Waals surface area contributed by atoms with E-state index in [1.165, 1.54) is 0 Å². The number of hydrogen-bond acceptors (Lipinski definition) is 8. The SMILES string of the molecule is COc1ccc(-c2noc(CN3CCN(C(=O)C=Cc4csc(C)n4)CC3)n2)cc1. The number of methoxy groups -OCH3 is 1. The Bertz CT molecular complexity index is 1020. The molecule has 1 saturated heterocycles. The summed E-state index contributed by atoms with van der Waals surface area (Å²) in [5, 5.41) is 7.01. The third-order valence-electron chi connectivity index (χ3n) is 4.89. The molecule has 1 amide bonds. The third-order valence-corrected chi connectivity index (χ3v) is 5.68. The van der Waals surface area contributed by atoms with Crippen LogP contribution in [-0.4, -0.2) is 64.1 Å². The van der Waals surface area contributed by atoms with Crippen molar-refractivity contribution in [3.05, 3.63) is 52.3 Å². The first-order chi connectivity index (χ1) is 14.6. The van der Waals surface area contributed by atoms with Crippen LogP contribution in [0.3, 0.4) is 0 Å². The molecule has 3 aromatic rings. The van der Waals surface area contributed by atoms with Gasteiger partial charge in [0, 0.05) is 43.2 Å². The Labute approximate surface area is 178 Å². The van der Waals surface area contributed by atoms with Crippen molar-refractivity contribution in [1.82, 2.24) is 24.9 Å². The Morgan fingerprint density at radius 3 is 2.63 bits per heavy atom. The quantitative estimate of drug-likeness (QED) is 0.562. The molecular weight excluding hydrogens is 402 g/mol. The first-order valence-electron chi connectivity index (χ1n) is 9.69. The predicted molar refractivity (Wildman–Crippen MR) is 114 cm³/mol. The molecule has 4 rings (SSSR count). The van der Waals surface area contributed by atoms with Gasteiger partial charge in [-0.25, -0.2) is 4.98 Å². The van der Waals surface area contributed by atoms with Gasteiger partial charge >= 0.3 is 0 Å². The standard InChI is InChI=1S/C21H23N5O3S/c1-15-22-17(14-30-15)5-8-20(27)26-11-9-25(10-12-26)13-19-23-21(24-29-19)16-3-6-18(28-2)7-4-16/h3-8,14H,9-13H2,1-2H3. The first kappa shape index (κ1) is 20.2. The maximum absolute atomic E-state index is 12.4. The molecule has 0 aliphatic carbocycles. The summed E-state index contributed by atoms with van der Waals surface area (Å²) in [4.78, 5) is 25.3.